The number of hydrogen-bond donors (Lipinski definition) is 1. The quantitative estimate of drug-likeness (QED) is 0.690. The first kappa shape index (κ1) is 6.49. The van der Waals surface area contributed by atoms with Crippen molar-refractivity contribution in [2.45, 2.75) is 24.8 Å². The Labute approximate surface area is 95.4 Å². The molecule has 0 radical (unpaired) electrons. The van der Waals surface area contributed by atoms with Crippen molar-refractivity contribution in [3.8, 4) is 0 Å². The standard InChI is InChI=1S/C14H17N/c1-15-14-9-5-4-7-12(14)10-11-6-2-3-8-13(11)14/h2-6,8,12,15H,7,9-10H2,1H3/i1D3. The Bertz CT molecular complexity index is 492. The van der Waals surface area contributed by atoms with Crippen LogP contribution >= 0.6 is 0 Å². The molecule has 1 aromatic carbocycles. The lowest BCUT2D eigenvalue weighted by molar-refractivity contribution is 0.239. The minimum absolute atomic E-state index is 0.361. The molecular formula is C14H17N. The maximum atomic E-state index is 7.55. The fraction of sp³-hybridized carbons (Fsp3) is 0.429. The Morgan fingerprint density at radius 2 is 2.33 bits per heavy atom. The van der Waals surface area contributed by atoms with Crippen LogP contribution in [0, 0.1) is 5.92 Å². The molecule has 3 rings (SSSR count). The third kappa shape index (κ3) is 1.13. The zero-order chi connectivity index (χ0) is 12.8. The molecule has 2 aliphatic rings. The first-order valence-electron chi connectivity index (χ1n) is 7.04. The van der Waals surface area contributed by atoms with E-state index in [1.807, 2.05) is 12.1 Å². The summed E-state index contributed by atoms with van der Waals surface area (Å²) in [5, 5.41) is 2.94. The molecule has 1 heteroatoms. The second-order valence-electron chi connectivity index (χ2n) is 4.57. The predicted octanol–water partition coefficient (Wildman–Crippen LogP) is 2.62. The van der Waals surface area contributed by atoms with Crippen LogP contribution in [0.5, 0.6) is 0 Å². The summed E-state index contributed by atoms with van der Waals surface area (Å²) in [5.41, 5.74) is 2.08. The van der Waals surface area contributed by atoms with Gasteiger partial charge in [0, 0.05) is 4.11 Å². The highest BCUT2D eigenvalue weighted by Crippen LogP contribution is 2.47. The molecule has 2 unspecified atom stereocenters. The summed E-state index contributed by atoms with van der Waals surface area (Å²) < 4.78 is 22.7. The molecule has 0 saturated carbocycles. The maximum absolute atomic E-state index is 7.55. The van der Waals surface area contributed by atoms with Gasteiger partial charge in [0.25, 0.3) is 0 Å². The second kappa shape index (κ2) is 3.21. The smallest absolute Gasteiger partial charge is 0.0504 e. The van der Waals surface area contributed by atoms with E-state index < -0.39 is 12.5 Å². The number of hydrogen-bond acceptors (Lipinski definition) is 1. The van der Waals surface area contributed by atoms with Gasteiger partial charge >= 0.3 is 0 Å². The fourth-order valence-corrected chi connectivity index (χ4v) is 3.10. The average molecular weight is 202 g/mol. The Morgan fingerprint density at radius 3 is 3.27 bits per heavy atom. The van der Waals surface area contributed by atoms with Gasteiger partial charge in [0.05, 0.1) is 5.54 Å². The molecule has 0 aromatic heterocycles. The molecular weight excluding hydrogens is 182 g/mol. The SMILES string of the molecule is [2H]C([2H])([2H])NC12CC=CCC1Cc1ccccc12. The maximum Gasteiger partial charge on any atom is 0.0504 e. The van der Waals surface area contributed by atoms with E-state index in [2.05, 4.69) is 29.6 Å². The Morgan fingerprint density at radius 1 is 1.40 bits per heavy atom. The normalized spacial score (nSPS) is 36.3. The minimum atomic E-state index is -2.10. The van der Waals surface area contributed by atoms with E-state index in [0.717, 1.165) is 19.3 Å². The van der Waals surface area contributed by atoms with Gasteiger partial charge in [-0.15, -0.1) is 0 Å². The van der Waals surface area contributed by atoms with Gasteiger partial charge in [0.15, 0.2) is 0 Å². The lowest BCUT2D eigenvalue weighted by Crippen LogP contribution is -2.44. The summed E-state index contributed by atoms with van der Waals surface area (Å²) in [7, 11) is 0. The molecule has 0 spiro atoms. The fourth-order valence-electron chi connectivity index (χ4n) is 3.10. The topological polar surface area (TPSA) is 12.0 Å². The van der Waals surface area contributed by atoms with Gasteiger partial charge in [-0.3, -0.25) is 0 Å². The number of nitrogens with one attached hydrogen (secondary N) is 1. The van der Waals surface area contributed by atoms with Crippen molar-refractivity contribution < 1.29 is 4.11 Å². The Hall–Kier alpha value is -1.08. The third-order valence-electron chi connectivity index (χ3n) is 3.91. The first-order chi connectivity index (χ1) is 8.51. The van der Waals surface area contributed by atoms with Crippen LogP contribution in [-0.4, -0.2) is 6.98 Å². The summed E-state index contributed by atoms with van der Waals surface area (Å²) in [4.78, 5) is 0. The molecule has 15 heavy (non-hydrogen) atoms. The molecule has 78 valence electrons. The van der Waals surface area contributed by atoms with Crippen LogP contribution in [0.2, 0.25) is 0 Å². The van der Waals surface area contributed by atoms with Crippen LogP contribution in [-0.2, 0) is 12.0 Å². The lowest BCUT2D eigenvalue weighted by atomic mass is 9.76. The van der Waals surface area contributed by atoms with Crippen LogP contribution in [0.25, 0.3) is 0 Å². The number of rotatable bonds is 1. The monoisotopic (exact) mass is 202 g/mol. The minimum Gasteiger partial charge on any atom is -0.310 e. The van der Waals surface area contributed by atoms with Crippen molar-refractivity contribution >= 4 is 0 Å². The zero-order valence-corrected chi connectivity index (χ0v) is 8.66. The van der Waals surface area contributed by atoms with Crippen molar-refractivity contribution in [2.24, 2.45) is 5.92 Å². The van der Waals surface area contributed by atoms with Crippen molar-refractivity contribution in [2.75, 3.05) is 6.98 Å². The highest BCUT2D eigenvalue weighted by atomic mass is 15.0. The predicted molar refractivity (Wildman–Crippen MR) is 62.7 cm³/mol. The van der Waals surface area contributed by atoms with E-state index >= 15 is 0 Å². The summed E-state index contributed by atoms with van der Waals surface area (Å²) in [6, 6.07) is 8.24. The zero-order valence-electron chi connectivity index (χ0n) is 11.7. The molecule has 0 heterocycles. The van der Waals surface area contributed by atoms with Gasteiger partial charge in [0.2, 0.25) is 0 Å². The number of fused-ring (bicyclic) bond motifs is 3. The van der Waals surface area contributed by atoms with Gasteiger partial charge < -0.3 is 5.32 Å². The van der Waals surface area contributed by atoms with Crippen LogP contribution in [0.4, 0.5) is 0 Å². The Balaban J connectivity index is 2.08. The summed E-state index contributed by atoms with van der Waals surface area (Å²) in [6.45, 7) is -2.10. The van der Waals surface area contributed by atoms with Crippen molar-refractivity contribution in [3.05, 3.63) is 47.5 Å². The molecule has 1 aromatic rings. The molecule has 0 fully saturated rings. The molecule has 0 saturated heterocycles. The molecule has 0 amide bonds. The largest absolute Gasteiger partial charge is 0.310 e. The van der Waals surface area contributed by atoms with Crippen molar-refractivity contribution in [1.82, 2.24) is 5.32 Å². The van der Waals surface area contributed by atoms with Crippen LogP contribution in [0.1, 0.15) is 28.1 Å². The van der Waals surface area contributed by atoms with Gasteiger partial charge in [0.1, 0.15) is 0 Å². The van der Waals surface area contributed by atoms with E-state index in [-0.39, 0.29) is 0 Å². The lowest BCUT2D eigenvalue weighted by Gasteiger charge is -2.37. The van der Waals surface area contributed by atoms with E-state index in [0.29, 0.717) is 5.92 Å². The van der Waals surface area contributed by atoms with E-state index in [1.54, 1.807) is 0 Å². The third-order valence-corrected chi connectivity index (χ3v) is 3.91. The van der Waals surface area contributed by atoms with Crippen molar-refractivity contribution in [3.63, 3.8) is 0 Å². The molecule has 1 N–H and O–H groups in total. The Kier molecular flexibility index (Phi) is 1.39. The molecule has 0 bridgehead atoms. The summed E-state index contributed by atoms with van der Waals surface area (Å²) >= 11 is 0. The van der Waals surface area contributed by atoms with Gasteiger partial charge in [-0.05, 0) is 43.3 Å². The highest BCUT2D eigenvalue weighted by Gasteiger charge is 2.45. The van der Waals surface area contributed by atoms with Crippen LogP contribution in [0.15, 0.2) is 36.4 Å². The van der Waals surface area contributed by atoms with Crippen LogP contribution in [0.3, 0.4) is 0 Å². The highest BCUT2D eigenvalue weighted by molar-refractivity contribution is 5.42. The molecule has 2 aliphatic carbocycles. The number of benzene rings is 1. The first-order valence-corrected chi connectivity index (χ1v) is 5.54. The van der Waals surface area contributed by atoms with Gasteiger partial charge in [-0.25, -0.2) is 0 Å². The number of allylic oxidation sites excluding steroid dienone is 1. The second-order valence-corrected chi connectivity index (χ2v) is 4.57. The van der Waals surface area contributed by atoms with E-state index in [9.17, 15) is 0 Å². The van der Waals surface area contributed by atoms with E-state index in [1.165, 1.54) is 11.1 Å². The average Bonchev–Trinajstić information content (AvgIpc) is 2.61. The van der Waals surface area contributed by atoms with Gasteiger partial charge in [-0.2, -0.15) is 0 Å². The van der Waals surface area contributed by atoms with Crippen LogP contribution < -0.4 is 5.32 Å². The molecule has 1 nitrogen and oxygen atoms in total. The van der Waals surface area contributed by atoms with Gasteiger partial charge in [-0.1, -0.05) is 36.4 Å². The summed E-state index contributed by atoms with van der Waals surface area (Å²) in [5.74, 6) is 0.361. The van der Waals surface area contributed by atoms with Crippen molar-refractivity contribution in [1.29, 1.82) is 0 Å². The summed E-state index contributed by atoms with van der Waals surface area (Å²) in [6.07, 6.45) is 6.99. The molecule has 2 atom stereocenters. The van der Waals surface area contributed by atoms with E-state index in [4.69, 9.17) is 4.11 Å². The molecule has 0 aliphatic heterocycles.